The highest BCUT2D eigenvalue weighted by Gasteiger charge is 2.53. The molecule has 0 spiro atoms. The highest BCUT2D eigenvalue weighted by atomic mass is 15.2. The molecule has 3 unspecified atom stereocenters. The molecule has 2 fully saturated rings. The summed E-state index contributed by atoms with van der Waals surface area (Å²) in [6, 6.07) is 11.5. The van der Waals surface area contributed by atoms with Crippen LogP contribution in [0.25, 0.3) is 0 Å². The molecule has 2 saturated carbocycles. The Morgan fingerprint density at radius 1 is 1.25 bits per heavy atom. The topological polar surface area (TPSA) is 38.0 Å². The first-order valence-corrected chi connectivity index (χ1v) is 8.32. The minimum atomic E-state index is 0.316. The second kappa shape index (κ2) is 5.87. The van der Waals surface area contributed by atoms with Gasteiger partial charge in [-0.1, -0.05) is 56.5 Å². The van der Waals surface area contributed by atoms with E-state index >= 15 is 0 Å². The van der Waals surface area contributed by atoms with Crippen LogP contribution in [0.4, 0.5) is 0 Å². The van der Waals surface area contributed by atoms with Crippen LogP contribution in [-0.4, -0.2) is 6.04 Å². The van der Waals surface area contributed by atoms with Gasteiger partial charge in [-0.2, -0.15) is 0 Å². The zero-order valence-electron chi connectivity index (χ0n) is 12.6. The van der Waals surface area contributed by atoms with E-state index < -0.39 is 0 Å². The summed E-state index contributed by atoms with van der Waals surface area (Å²) in [5.74, 6) is 7.67. The van der Waals surface area contributed by atoms with Crippen LogP contribution < -0.4 is 11.3 Å². The Kier molecular flexibility index (Phi) is 4.13. The Balaban J connectivity index is 1.79. The molecule has 3 rings (SSSR count). The van der Waals surface area contributed by atoms with E-state index in [2.05, 4.69) is 42.7 Å². The summed E-state index contributed by atoms with van der Waals surface area (Å²) in [5, 5.41) is 0. The molecule has 0 aromatic heterocycles. The lowest BCUT2D eigenvalue weighted by molar-refractivity contribution is 0.183. The van der Waals surface area contributed by atoms with Gasteiger partial charge in [0.05, 0.1) is 0 Å². The van der Waals surface area contributed by atoms with Gasteiger partial charge in [0.15, 0.2) is 0 Å². The smallest absolute Gasteiger partial charge is 0.0335 e. The summed E-state index contributed by atoms with van der Waals surface area (Å²) < 4.78 is 0. The van der Waals surface area contributed by atoms with Crippen LogP contribution in [-0.2, 0) is 5.41 Å². The molecule has 2 aliphatic carbocycles. The van der Waals surface area contributed by atoms with E-state index in [1.54, 1.807) is 0 Å². The Hall–Kier alpha value is -0.860. The number of rotatable bonds is 5. The Bertz CT molecular complexity index is 424. The summed E-state index contributed by atoms with van der Waals surface area (Å²) in [4.78, 5) is 0. The van der Waals surface area contributed by atoms with Crippen molar-refractivity contribution in [2.24, 2.45) is 17.7 Å². The average molecular weight is 272 g/mol. The molecular formula is C18H28N2. The predicted octanol–water partition coefficient (Wildman–Crippen LogP) is 3.77. The molecule has 1 aromatic rings. The lowest BCUT2D eigenvalue weighted by atomic mass is 9.71. The first kappa shape index (κ1) is 14.1. The second-order valence-corrected chi connectivity index (χ2v) is 6.87. The van der Waals surface area contributed by atoms with E-state index in [0.29, 0.717) is 11.5 Å². The lowest BCUT2D eigenvalue weighted by Gasteiger charge is -2.38. The van der Waals surface area contributed by atoms with Crippen LogP contribution in [0.3, 0.4) is 0 Å². The van der Waals surface area contributed by atoms with Crippen LogP contribution in [0.1, 0.15) is 57.4 Å². The normalized spacial score (nSPS) is 29.9. The standard InChI is InChI=1S/C18H28N2/c1-2-14-7-6-8-15(13-14)17(20-19)18(11-12-18)16-9-4-3-5-10-16/h3-5,9-10,14-15,17,20H,2,6-8,11-13,19H2,1H3. The van der Waals surface area contributed by atoms with Crippen molar-refractivity contribution >= 4 is 0 Å². The minimum Gasteiger partial charge on any atom is -0.271 e. The van der Waals surface area contributed by atoms with Gasteiger partial charge in [0, 0.05) is 11.5 Å². The Labute approximate surface area is 123 Å². The molecule has 20 heavy (non-hydrogen) atoms. The van der Waals surface area contributed by atoms with Crippen molar-refractivity contribution in [3.05, 3.63) is 35.9 Å². The molecule has 110 valence electrons. The van der Waals surface area contributed by atoms with Gasteiger partial charge < -0.3 is 0 Å². The van der Waals surface area contributed by atoms with Gasteiger partial charge in [0.2, 0.25) is 0 Å². The zero-order chi connectivity index (χ0) is 14.0. The molecule has 0 amide bonds. The van der Waals surface area contributed by atoms with E-state index in [4.69, 9.17) is 5.84 Å². The summed E-state index contributed by atoms with van der Waals surface area (Å²) in [6.45, 7) is 2.34. The maximum atomic E-state index is 6.00. The van der Waals surface area contributed by atoms with Gasteiger partial charge in [-0.05, 0) is 43.1 Å². The number of hydrogen-bond acceptors (Lipinski definition) is 2. The van der Waals surface area contributed by atoms with Crippen LogP contribution in [0.2, 0.25) is 0 Å². The van der Waals surface area contributed by atoms with Crippen molar-refractivity contribution < 1.29 is 0 Å². The molecule has 0 heterocycles. The van der Waals surface area contributed by atoms with E-state index in [1.807, 2.05) is 0 Å². The van der Waals surface area contributed by atoms with Gasteiger partial charge in [0.1, 0.15) is 0 Å². The molecular weight excluding hydrogens is 244 g/mol. The van der Waals surface area contributed by atoms with E-state index in [9.17, 15) is 0 Å². The van der Waals surface area contributed by atoms with Crippen LogP contribution in [0.5, 0.6) is 0 Å². The molecule has 3 atom stereocenters. The SMILES string of the molecule is CCC1CCCC(C(NN)C2(c3ccccc3)CC2)C1. The van der Waals surface area contributed by atoms with Crippen molar-refractivity contribution in [2.75, 3.05) is 0 Å². The van der Waals surface area contributed by atoms with Gasteiger partial charge in [-0.25, -0.2) is 0 Å². The van der Waals surface area contributed by atoms with Gasteiger partial charge in [-0.3, -0.25) is 11.3 Å². The lowest BCUT2D eigenvalue weighted by Crippen LogP contribution is -2.50. The van der Waals surface area contributed by atoms with Crippen LogP contribution in [0.15, 0.2) is 30.3 Å². The van der Waals surface area contributed by atoms with Gasteiger partial charge in [-0.15, -0.1) is 0 Å². The highest BCUT2D eigenvalue weighted by Crippen LogP contribution is 2.54. The molecule has 0 saturated heterocycles. The van der Waals surface area contributed by atoms with E-state index in [0.717, 1.165) is 11.8 Å². The van der Waals surface area contributed by atoms with E-state index in [1.165, 1.54) is 50.5 Å². The fraction of sp³-hybridized carbons (Fsp3) is 0.667. The highest BCUT2D eigenvalue weighted by molar-refractivity contribution is 5.34. The number of hydrogen-bond donors (Lipinski definition) is 2. The first-order valence-electron chi connectivity index (χ1n) is 8.32. The molecule has 0 bridgehead atoms. The van der Waals surface area contributed by atoms with Crippen LogP contribution >= 0.6 is 0 Å². The van der Waals surface area contributed by atoms with Crippen molar-refractivity contribution in [1.29, 1.82) is 0 Å². The largest absolute Gasteiger partial charge is 0.271 e. The Morgan fingerprint density at radius 2 is 2.00 bits per heavy atom. The summed E-state index contributed by atoms with van der Waals surface area (Å²) in [7, 11) is 0. The number of nitrogens with one attached hydrogen (secondary N) is 1. The Morgan fingerprint density at radius 3 is 2.60 bits per heavy atom. The van der Waals surface area contributed by atoms with Crippen molar-refractivity contribution in [3.8, 4) is 0 Å². The van der Waals surface area contributed by atoms with Gasteiger partial charge in [0.25, 0.3) is 0 Å². The minimum absolute atomic E-state index is 0.316. The average Bonchev–Trinajstić information content (AvgIpc) is 3.31. The zero-order valence-corrected chi connectivity index (χ0v) is 12.6. The number of nitrogens with two attached hydrogens (primary N) is 1. The third-order valence-electron chi connectivity index (χ3n) is 5.78. The van der Waals surface area contributed by atoms with Crippen molar-refractivity contribution in [1.82, 2.24) is 5.43 Å². The summed E-state index contributed by atoms with van der Waals surface area (Å²) in [6.07, 6.45) is 9.42. The third kappa shape index (κ3) is 2.51. The summed E-state index contributed by atoms with van der Waals surface area (Å²) >= 11 is 0. The molecule has 3 N–H and O–H groups in total. The molecule has 0 aliphatic heterocycles. The number of benzene rings is 1. The maximum absolute atomic E-state index is 6.00. The molecule has 0 radical (unpaired) electrons. The first-order chi connectivity index (χ1) is 9.80. The second-order valence-electron chi connectivity index (χ2n) is 6.87. The predicted molar refractivity (Wildman–Crippen MR) is 84.2 cm³/mol. The third-order valence-corrected chi connectivity index (χ3v) is 5.78. The summed E-state index contributed by atoms with van der Waals surface area (Å²) in [5.41, 5.74) is 5.02. The maximum Gasteiger partial charge on any atom is 0.0335 e. The quantitative estimate of drug-likeness (QED) is 0.632. The molecule has 2 aliphatic rings. The van der Waals surface area contributed by atoms with Crippen LogP contribution in [0, 0.1) is 11.8 Å². The van der Waals surface area contributed by atoms with E-state index in [-0.39, 0.29) is 0 Å². The molecule has 2 heteroatoms. The van der Waals surface area contributed by atoms with Crippen molar-refractivity contribution in [3.63, 3.8) is 0 Å². The van der Waals surface area contributed by atoms with Gasteiger partial charge >= 0.3 is 0 Å². The fourth-order valence-electron chi connectivity index (χ4n) is 4.44. The fourth-order valence-corrected chi connectivity index (χ4v) is 4.44. The number of hydrazine groups is 1. The molecule has 1 aromatic carbocycles. The van der Waals surface area contributed by atoms with Crippen molar-refractivity contribution in [2.45, 2.75) is 63.3 Å². The monoisotopic (exact) mass is 272 g/mol. The molecule has 2 nitrogen and oxygen atoms in total.